The van der Waals surface area contributed by atoms with Crippen LogP contribution in [0.3, 0.4) is 0 Å². The minimum Gasteiger partial charge on any atom is -0.299 e. The third-order valence-corrected chi connectivity index (χ3v) is 6.23. The van der Waals surface area contributed by atoms with Crippen molar-refractivity contribution in [3.8, 4) is 11.1 Å². The first-order chi connectivity index (χ1) is 15.6. The molecule has 0 radical (unpaired) electrons. The predicted octanol–water partition coefficient (Wildman–Crippen LogP) is 8.76. The van der Waals surface area contributed by atoms with Crippen LogP contribution in [0.5, 0.6) is 0 Å². The lowest BCUT2D eigenvalue weighted by molar-refractivity contribution is -0.118. The van der Waals surface area contributed by atoms with Gasteiger partial charge in [-0.3, -0.25) is 9.59 Å². The molecule has 0 bridgehead atoms. The highest BCUT2D eigenvalue weighted by Crippen LogP contribution is 2.22. The number of benzene rings is 2. The van der Waals surface area contributed by atoms with Crippen molar-refractivity contribution in [2.24, 2.45) is 0 Å². The standard InChI is InChI=1S/C30H42O2/c1-3-5-7-8-9-10-11-12-13-14-25-16-18-26(19-17-25)27-20-22-28(23-21-27)30(32)24-29(31)15-6-4-2/h16-23H,3-15,24H2,1-2H3. The number of unbranched alkanes of at least 4 members (excludes halogenated alkanes) is 9. The maximum absolute atomic E-state index is 12.3. The number of rotatable bonds is 17. The van der Waals surface area contributed by atoms with E-state index in [0.717, 1.165) is 24.8 Å². The normalized spacial score (nSPS) is 10.9. The summed E-state index contributed by atoms with van der Waals surface area (Å²) in [6, 6.07) is 16.5. The zero-order valence-corrected chi connectivity index (χ0v) is 20.3. The van der Waals surface area contributed by atoms with E-state index in [-0.39, 0.29) is 18.0 Å². The zero-order valence-electron chi connectivity index (χ0n) is 20.3. The Balaban J connectivity index is 1.73. The molecule has 174 valence electrons. The molecule has 2 rings (SSSR count). The van der Waals surface area contributed by atoms with E-state index in [1.54, 1.807) is 0 Å². The summed E-state index contributed by atoms with van der Waals surface area (Å²) >= 11 is 0. The zero-order chi connectivity index (χ0) is 23.0. The quantitative estimate of drug-likeness (QED) is 0.142. The fourth-order valence-electron chi connectivity index (χ4n) is 4.10. The van der Waals surface area contributed by atoms with Crippen LogP contribution in [0.1, 0.15) is 113 Å². The molecule has 0 atom stereocenters. The Morgan fingerprint density at radius 3 is 1.66 bits per heavy atom. The van der Waals surface area contributed by atoms with E-state index in [4.69, 9.17) is 0 Å². The minimum absolute atomic E-state index is 0.0207. The van der Waals surface area contributed by atoms with Gasteiger partial charge in [-0.25, -0.2) is 0 Å². The number of hydrogen-bond acceptors (Lipinski definition) is 2. The molecule has 2 heteroatoms. The van der Waals surface area contributed by atoms with Crippen LogP contribution in [0.2, 0.25) is 0 Å². The second-order valence-corrected chi connectivity index (χ2v) is 9.09. The first-order valence-electron chi connectivity index (χ1n) is 12.9. The molecule has 0 aliphatic rings. The van der Waals surface area contributed by atoms with E-state index in [1.807, 2.05) is 24.3 Å². The first-order valence-corrected chi connectivity index (χ1v) is 12.9. The summed E-state index contributed by atoms with van der Waals surface area (Å²) < 4.78 is 0. The van der Waals surface area contributed by atoms with Crippen molar-refractivity contribution < 1.29 is 9.59 Å². The van der Waals surface area contributed by atoms with Gasteiger partial charge in [-0.05, 0) is 36.0 Å². The summed E-state index contributed by atoms with van der Waals surface area (Å²) in [4.78, 5) is 24.2. The predicted molar refractivity (Wildman–Crippen MR) is 136 cm³/mol. The molecule has 0 fully saturated rings. The van der Waals surface area contributed by atoms with Crippen molar-refractivity contribution in [2.45, 2.75) is 104 Å². The van der Waals surface area contributed by atoms with Gasteiger partial charge in [0.05, 0.1) is 6.42 Å². The molecule has 2 aromatic rings. The first kappa shape index (κ1) is 26.0. The third-order valence-electron chi connectivity index (χ3n) is 6.23. The Labute approximate surface area is 195 Å². The van der Waals surface area contributed by atoms with E-state index in [0.29, 0.717) is 12.0 Å². The fraction of sp³-hybridized carbons (Fsp3) is 0.533. The second-order valence-electron chi connectivity index (χ2n) is 9.09. The Morgan fingerprint density at radius 1 is 0.594 bits per heavy atom. The third kappa shape index (κ3) is 9.94. The topological polar surface area (TPSA) is 34.1 Å². The Kier molecular flexibility index (Phi) is 12.7. The van der Waals surface area contributed by atoms with E-state index >= 15 is 0 Å². The Bertz CT molecular complexity index is 787. The number of hydrogen-bond donors (Lipinski definition) is 0. The van der Waals surface area contributed by atoms with Crippen molar-refractivity contribution in [1.29, 1.82) is 0 Å². The van der Waals surface area contributed by atoms with Gasteiger partial charge < -0.3 is 0 Å². The smallest absolute Gasteiger partial charge is 0.170 e. The van der Waals surface area contributed by atoms with Crippen LogP contribution < -0.4 is 0 Å². The summed E-state index contributed by atoms with van der Waals surface area (Å²) in [6.07, 6.45) is 15.8. The van der Waals surface area contributed by atoms with Crippen molar-refractivity contribution in [2.75, 3.05) is 0 Å². The van der Waals surface area contributed by atoms with E-state index in [1.165, 1.54) is 68.9 Å². The fourth-order valence-corrected chi connectivity index (χ4v) is 4.10. The molecule has 0 spiro atoms. The highest BCUT2D eigenvalue weighted by atomic mass is 16.1. The number of Topliss-reactive ketones (excluding diaryl/α,β-unsaturated/α-hetero) is 2. The molecule has 0 amide bonds. The maximum atomic E-state index is 12.3. The molecule has 2 nitrogen and oxygen atoms in total. The molecular weight excluding hydrogens is 392 g/mol. The maximum Gasteiger partial charge on any atom is 0.170 e. The number of ketones is 2. The number of carbonyl (C=O) groups is 2. The van der Waals surface area contributed by atoms with Crippen LogP contribution in [0.25, 0.3) is 11.1 Å². The molecule has 2 aromatic carbocycles. The van der Waals surface area contributed by atoms with Gasteiger partial charge in [0.1, 0.15) is 5.78 Å². The van der Waals surface area contributed by atoms with Gasteiger partial charge in [0.2, 0.25) is 0 Å². The Morgan fingerprint density at radius 2 is 1.09 bits per heavy atom. The summed E-state index contributed by atoms with van der Waals surface area (Å²) in [6.45, 7) is 4.32. The lowest BCUT2D eigenvalue weighted by Crippen LogP contribution is -2.07. The summed E-state index contributed by atoms with van der Waals surface area (Å²) in [5.41, 5.74) is 4.29. The SMILES string of the molecule is CCCCCCCCCCCc1ccc(-c2ccc(C(=O)CC(=O)CCCC)cc2)cc1. The molecule has 0 saturated carbocycles. The molecule has 0 N–H and O–H groups in total. The summed E-state index contributed by atoms with van der Waals surface area (Å²) in [5.74, 6) is -0.0301. The molecule has 0 saturated heterocycles. The average molecular weight is 435 g/mol. The van der Waals surface area contributed by atoms with Gasteiger partial charge in [0, 0.05) is 12.0 Å². The van der Waals surface area contributed by atoms with Crippen molar-refractivity contribution in [1.82, 2.24) is 0 Å². The summed E-state index contributed by atoms with van der Waals surface area (Å²) in [7, 11) is 0. The van der Waals surface area contributed by atoms with Gasteiger partial charge >= 0.3 is 0 Å². The highest BCUT2D eigenvalue weighted by molar-refractivity contribution is 6.08. The van der Waals surface area contributed by atoms with Crippen LogP contribution in [0, 0.1) is 0 Å². The molecule has 0 aromatic heterocycles. The molecule has 0 aliphatic carbocycles. The molecular formula is C30H42O2. The lowest BCUT2D eigenvalue weighted by Gasteiger charge is -2.07. The summed E-state index contributed by atoms with van der Waals surface area (Å²) in [5, 5.41) is 0. The van der Waals surface area contributed by atoms with Crippen LogP contribution in [0.4, 0.5) is 0 Å². The van der Waals surface area contributed by atoms with Crippen LogP contribution in [-0.4, -0.2) is 11.6 Å². The van der Waals surface area contributed by atoms with Crippen LogP contribution in [0.15, 0.2) is 48.5 Å². The van der Waals surface area contributed by atoms with Crippen molar-refractivity contribution in [3.63, 3.8) is 0 Å². The largest absolute Gasteiger partial charge is 0.299 e. The van der Waals surface area contributed by atoms with E-state index < -0.39 is 0 Å². The molecule has 0 heterocycles. The van der Waals surface area contributed by atoms with Gasteiger partial charge in [-0.1, -0.05) is 120 Å². The van der Waals surface area contributed by atoms with Crippen LogP contribution >= 0.6 is 0 Å². The minimum atomic E-state index is -0.0750. The van der Waals surface area contributed by atoms with E-state index in [2.05, 4.69) is 38.1 Å². The van der Waals surface area contributed by atoms with Gasteiger partial charge in [0.15, 0.2) is 5.78 Å². The average Bonchev–Trinajstić information content (AvgIpc) is 2.82. The van der Waals surface area contributed by atoms with Gasteiger partial charge in [-0.15, -0.1) is 0 Å². The molecule has 0 unspecified atom stereocenters. The number of carbonyl (C=O) groups excluding carboxylic acids is 2. The lowest BCUT2D eigenvalue weighted by atomic mass is 9.98. The second kappa shape index (κ2) is 15.6. The van der Waals surface area contributed by atoms with Crippen LogP contribution in [-0.2, 0) is 11.2 Å². The molecule has 0 aliphatic heterocycles. The van der Waals surface area contributed by atoms with Gasteiger partial charge in [-0.2, -0.15) is 0 Å². The van der Waals surface area contributed by atoms with E-state index in [9.17, 15) is 9.59 Å². The number of aryl methyl sites for hydroxylation is 1. The monoisotopic (exact) mass is 434 g/mol. The Hall–Kier alpha value is -2.22. The van der Waals surface area contributed by atoms with Crippen molar-refractivity contribution in [3.05, 3.63) is 59.7 Å². The van der Waals surface area contributed by atoms with Crippen molar-refractivity contribution >= 4 is 11.6 Å². The molecule has 32 heavy (non-hydrogen) atoms. The highest BCUT2D eigenvalue weighted by Gasteiger charge is 2.11. The van der Waals surface area contributed by atoms with Gasteiger partial charge in [0.25, 0.3) is 0 Å².